The molecule has 0 atom stereocenters. The molecule has 1 fully saturated rings. The number of nitrogens with zero attached hydrogens (tertiary/aromatic N) is 1. The number of ether oxygens (including phenoxy) is 2. The quantitative estimate of drug-likeness (QED) is 0.487. The number of rotatable bonds is 9. The van der Waals surface area contributed by atoms with Crippen LogP contribution in [0.2, 0.25) is 0 Å². The van der Waals surface area contributed by atoms with Gasteiger partial charge in [0.1, 0.15) is 18.2 Å². The molecule has 1 amide bonds. The fourth-order valence-corrected chi connectivity index (χ4v) is 3.49. The number of hydrogen-bond donors (Lipinski definition) is 2. The van der Waals surface area contributed by atoms with Gasteiger partial charge in [0.25, 0.3) is 0 Å². The molecule has 0 spiro atoms. The van der Waals surface area contributed by atoms with E-state index in [1.54, 1.807) is 6.20 Å². The molecule has 1 aliphatic rings. The topological polar surface area (TPSA) is 72.5 Å². The Labute approximate surface area is 166 Å². The van der Waals surface area contributed by atoms with Crippen LogP contribution in [0.4, 0.5) is 10.6 Å². The van der Waals surface area contributed by atoms with Gasteiger partial charge in [-0.15, -0.1) is 0 Å². The number of nitrogens with one attached hydrogen (secondary N) is 2. The van der Waals surface area contributed by atoms with Gasteiger partial charge in [-0.2, -0.15) is 0 Å². The third-order valence-corrected chi connectivity index (χ3v) is 4.92. The Bertz CT molecular complexity index is 788. The minimum Gasteiger partial charge on any atom is -0.494 e. The minimum absolute atomic E-state index is 0.157. The molecule has 0 radical (unpaired) electrons. The zero-order chi connectivity index (χ0) is 19.6. The number of amides is 1. The standard InChI is InChI=1S/C22H29N3O3/c1-2-14-28-22(26)25-21-20-10-9-19(16-17(20)11-13-24-21)27-15-6-12-23-18-7-4-3-5-8-18/h2,9-11,13,16,18,23H,1,3-8,12,14-15H2,(H,24,25,26). The predicted molar refractivity (Wildman–Crippen MR) is 112 cm³/mol. The van der Waals surface area contributed by atoms with Crippen LogP contribution in [0.1, 0.15) is 38.5 Å². The molecule has 150 valence electrons. The molecule has 1 saturated carbocycles. The average Bonchev–Trinajstić information content (AvgIpc) is 2.73. The smallest absolute Gasteiger partial charge is 0.413 e. The molecule has 1 aromatic carbocycles. The maximum absolute atomic E-state index is 11.7. The van der Waals surface area contributed by atoms with Crippen LogP contribution in [-0.2, 0) is 4.74 Å². The highest BCUT2D eigenvalue weighted by molar-refractivity contribution is 5.98. The van der Waals surface area contributed by atoms with Crippen LogP contribution in [0.3, 0.4) is 0 Å². The van der Waals surface area contributed by atoms with E-state index < -0.39 is 6.09 Å². The highest BCUT2D eigenvalue weighted by atomic mass is 16.5. The number of aromatic nitrogens is 1. The Balaban J connectivity index is 1.49. The fourth-order valence-electron chi connectivity index (χ4n) is 3.49. The van der Waals surface area contributed by atoms with E-state index in [1.165, 1.54) is 38.2 Å². The largest absolute Gasteiger partial charge is 0.494 e. The number of benzene rings is 1. The van der Waals surface area contributed by atoms with Crippen molar-refractivity contribution in [2.75, 3.05) is 25.1 Å². The summed E-state index contributed by atoms with van der Waals surface area (Å²) in [7, 11) is 0. The molecule has 0 aliphatic heterocycles. The predicted octanol–water partition coefficient (Wildman–Crippen LogP) is 4.66. The number of hydrogen-bond acceptors (Lipinski definition) is 5. The van der Waals surface area contributed by atoms with E-state index in [0.717, 1.165) is 29.5 Å². The van der Waals surface area contributed by atoms with Crippen molar-refractivity contribution in [2.24, 2.45) is 0 Å². The van der Waals surface area contributed by atoms with Gasteiger partial charge in [-0.25, -0.2) is 9.78 Å². The van der Waals surface area contributed by atoms with Gasteiger partial charge < -0.3 is 14.8 Å². The van der Waals surface area contributed by atoms with Crippen molar-refractivity contribution in [2.45, 2.75) is 44.6 Å². The number of fused-ring (bicyclic) bond motifs is 1. The number of carbonyl (C=O) groups is 1. The van der Waals surface area contributed by atoms with Crippen molar-refractivity contribution >= 4 is 22.7 Å². The molecule has 1 aliphatic carbocycles. The molecule has 2 aromatic rings. The van der Waals surface area contributed by atoms with Crippen molar-refractivity contribution in [1.82, 2.24) is 10.3 Å². The SMILES string of the molecule is C=CCOC(=O)Nc1nccc2cc(OCCCNC3CCCCC3)ccc12. The Hall–Kier alpha value is -2.60. The third-order valence-electron chi connectivity index (χ3n) is 4.92. The lowest BCUT2D eigenvalue weighted by Crippen LogP contribution is -2.32. The van der Waals surface area contributed by atoms with Crippen molar-refractivity contribution in [3.8, 4) is 5.75 Å². The summed E-state index contributed by atoms with van der Waals surface area (Å²) in [5.74, 6) is 1.28. The lowest BCUT2D eigenvalue weighted by molar-refractivity contribution is 0.174. The molecular formula is C22H29N3O3. The summed E-state index contributed by atoms with van der Waals surface area (Å²) in [5, 5.41) is 8.08. The number of pyridine rings is 1. The fraction of sp³-hybridized carbons (Fsp3) is 0.455. The zero-order valence-electron chi connectivity index (χ0n) is 16.3. The Morgan fingerprint density at radius 3 is 2.93 bits per heavy atom. The van der Waals surface area contributed by atoms with E-state index in [9.17, 15) is 4.79 Å². The summed E-state index contributed by atoms with van der Waals surface area (Å²) in [6, 6.07) is 8.35. The third kappa shape index (κ3) is 5.96. The molecule has 0 saturated heterocycles. The van der Waals surface area contributed by atoms with E-state index in [1.807, 2.05) is 24.3 Å². The van der Waals surface area contributed by atoms with Gasteiger partial charge in [0.15, 0.2) is 0 Å². The lowest BCUT2D eigenvalue weighted by Gasteiger charge is -2.22. The van der Waals surface area contributed by atoms with Crippen molar-refractivity contribution in [1.29, 1.82) is 0 Å². The minimum atomic E-state index is -0.550. The Morgan fingerprint density at radius 1 is 1.25 bits per heavy atom. The van der Waals surface area contributed by atoms with Crippen LogP contribution in [0.5, 0.6) is 5.75 Å². The molecule has 1 heterocycles. The Kier molecular flexibility index (Phi) is 7.67. The highest BCUT2D eigenvalue weighted by Crippen LogP contribution is 2.25. The maximum atomic E-state index is 11.7. The van der Waals surface area contributed by atoms with Crippen LogP contribution in [0.15, 0.2) is 43.1 Å². The van der Waals surface area contributed by atoms with E-state index in [2.05, 4.69) is 22.2 Å². The van der Waals surface area contributed by atoms with Crippen molar-refractivity contribution < 1.29 is 14.3 Å². The van der Waals surface area contributed by atoms with Crippen LogP contribution in [-0.4, -0.2) is 36.9 Å². The van der Waals surface area contributed by atoms with Gasteiger partial charge in [-0.05, 0) is 55.5 Å². The van der Waals surface area contributed by atoms with Gasteiger partial charge in [-0.3, -0.25) is 5.32 Å². The first-order valence-corrected chi connectivity index (χ1v) is 10.1. The number of carbonyl (C=O) groups excluding carboxylic acids is 1. The molecule has 2 N–H and O–H groups in total. The van der Waals surface area contributed by atoms with Gasteiger partial charge in [0, 0.05) is 17.6 Å². The molecule has 3 rings (SSSR count). The summed E-state index contributed by atoms with van der Waals surface area (Å²) in [6.45, 7) is 5.34. The molecule has 0 unspecified atom stereocenters. The number of anilines is 1. The first-order chi connectivity index (χ1) is 13.8. The zero-order valence-corrected chi connectivity index (χ0v) is 16.3. The van der Waals surface area contributed by atoms with Crippen LogP contribution in [0, 0.1) is 0 Å². The maximum Gasteiger partial charge on any atom is 0.413 e. The van der Waals surface area contributed by atoms with E-state index in [-0.39, 0.29) is 6.61 Å². The lowest BCUT2D eigenvalue weighted by atomic mass is 9.95. The average molecular weight is 383 g/mol. The molecule has 28 heavy (non-hydrogen) atoms. The molecule has 6 heteroatoms. The summed E-state index contributed by atoms with van der Waals surface area (Å²) in [5.41, 5.74) is 0. The second-order valence-electron chi connectivity index (χ2n) is 7.05. The summed E-state index contributed by atoms with van der Waals surface area (Å²) < 4.78 is 10.8. The monoisotopic (exact) mass is 383 g/mol. The normalized spacial score (nSPS) is 14.6. The van der Waals surface area contributed by atoms with Crippen molar-refractivity contribution in [3.63, 3.8) is 0 Å². The molecule has 1 aromatic heterocycles. The molecular weight excluding hydrogens is 354 g/mol. The highest BCUT2D eigenvalue weighted by Gasteiger charge is 2.12. The van der Waals surface area contributed by atoms with E-state index in [4.69, 9.17) is 9.47 Å². The summed E-state index contributed by atoms with van der Waals surface area (Å²) in [4.78, 5) is 16.0. The van der Waals surface area contributed by atoms with Gasteiger partial charge in [0.2, 0.25) is 0 Å². The Morgan fingerprint density at radius 2 is 2.11 bits per heavy atom. The van der Waals surface area contributed by atoms with E-state index in [0.29, 0.717) is 18.5 Å². The molecule has 6 nitrogen and oxygen atoms in total. The summed E-state index contributed by atoms with van der Waals surface area (Å²) >= 11 is 0. The van der Waals surface area contributed by atoms with Crippen LogP contribution in [0.25, 0.3) is 10.8 Å². The van der Waals surface area contributed by atoms with E-state index >= 15 is 0 Å². The second kappa shape index (κ2) is 10.7. The van der Waals surface area contributed by atoms with Gasteiger partial charge >= 0.3 is 6.09 Å². The van der Waals surface area contributed by atoms with Crippen molar-refractivity contribution in [3.05, 3.63) is 43.1 Å². The molecule has 0 bridgehead atoms. The van der Waals surface area contributed by atoms with Crippen LogP contribution >= 0.6 is 0 Å². The summed E-state index contributed by atoms with van der Waals surface area (Å²) in [6.07, 6.45) is 10.3. The first kappa shape index (κ1) is 20.1. The first-order valence-electron chi connectivity index (χ1n) is 10.1. The second-order valence-corrected chi connectivity index (χ2v) is 7.05. The van der Waals surface area contributed by atoms with Gasteiger partial charge in [0.05, 0.1) is 6.61 Å². The van der Waals surface area contributed by atoms with Gasteiger partial charge in [-0.1, -0.05) is 31.9 Å². The van der Waals surface area contributed by atoms with Crippen LogP contribution < -0.4 is 15.4 Å².